The summed E-state index contributed by atoms with van der Waals surface area (Å²) in [4.78, 5) is 52.4. The van der Waals surface area contributed by atoms with E-state index in [0.29, 0.717) is 41.6 Å². The van der Waals surface area contributed by atoms with Gasteiger partial charge in [0.05, 0.1) is 6.04 Å². The van der Waals surface area contributed by atoms with Gasteiger partial charge in [0.25, 0.3) is 11.8 Å². The van der Waals surface area contributed by atoms with Crippen LogP contribution < -0.4 is 16.0 Å². The van der Waals surface area contributed by atoms with Crippen LogP contribution >= 0.6 is 0 Å². The molecule has 3 N–H and O–H groups in total. The van der Waals surface area contributed by atoms with Gasteiger partial charge >= 0.3 is 6.18 Å². The number of likely N-dealkylation sites (N-methyl/N-ethyl adjacent to an activating group) is 1. The Morgan fingerprint density at radius 2 is 1.66 bits per heavy atom. The summed E-state index contributed by atoms with van der Waals surface area (Å²) in [6.07, 6.45) is 1.60. The van der Waals surface area contributed by atoms with Gasteiger partial charge in [-0.1, -0.05) is 6.07 Å². The minimum absolute atomic E-state index is 0.0260. The Balaban J connectivity index is 1.33. The summed E-state index contributed by atoms with van der Waals surface area (Å²) >= 11 is 0. The van der Waals surface area contributed by atoms with Crippen molar-refractivity contribution in [3.8, 4) is 0 Å². The molecule has 3 aliphatic rings. The van der Waals surface area contributed by atoms with E-state index in [1.54, 1.807) is 40.5 Å². The summed E-state index contributed by atoms with van der Waals surface area (Å²) in [6, 6.07) is 2.76. The van der Waals surface area contributed by atoms with Crippen molar-refractivity contribution in [3.05, 3.63) is 47.3 Å². The molecule has 2 saturated carbocycles. The molecule has 1 heterocycles. The van der Waals surface area contributed by atoms with Crippen molar-refractivity contribution < 1.29 is 32.3 Å². The molecule has 238 valence electrons. The predicted molar refractivity (Wildman–Crippen MR) is 155 cm³/mol. The van der Waals surface area contributed by atoms with E-state index in [0.717, 1.165) is 43.1 Å². The van der Waals surface area contributed by atoms with E-state index in [1.165, 1.54) is 7.05 Å². The highest BCUT2D eigenvalue weighted by Gasteiger charge is 2.49. The first-order valence-electron chi connectivity index (χ1n) is 15.1. The van der Waals surface area contributed by atoms with Gasteiger partial charge in [0.2, 0.25) is 17.9 Å². The maximum atomic E-state index is 13.8. The first kappa shape index (κ1) is 31.5. The summed E-state index contributed by atoms with van der Waals surface area (Å²) in [6.45, 7) is 4.78. The Kier molecular flexibility index (Phi) is 8.77. The number of alkyl halides is 3. The van der Waals surface area contributed by atoms with Crippen molar-refractivity contribution >= 4 is 29.3 Å². The number of benzene rings is 1. The minimum atomic E-state index is -4.94. The lowest BCUT2D eigenvalue weighted by Gasteiger charge is -2.30. The number of aromatic nitrogens is 2. The molecule has 1 unspecified atom stereocenters. The highest BCUT2D eigenvalue weighted by molar-refractivity contribution is 6.01. The van der Waals surface area contributed by atoms with Crippen LogP contribution in [0.2, 0.25) is 0 Å². The Labute approximate surface area is 254 Å². The summed E-state index contributed by atoms with van der Waals surface area (Å²) < 4.78 is 42.3. The molecular formula is C31H39F3N6O4. The van der Waals surface area contributed by atoms with Gasteiger partial charge < -0.3 is 20.9 Å². The van der Waals surface area contributed by atoms with Gasteiger partial charge in [0, 0.05) is 31.9 Å². The average Bonchev–Trinajstić information content (AvgIpc) is 3.88. The summed E-state index contributed by atoms with van der Waals surface area (Å²) in [5.41, 5.74) is 2.38. The monoisotopic (exact) mass is 616 g/mol. The fourth-order valence-corrected chi connectivity index (χ4v) is 6.49. The van der Waals surface area contributed by atoms with Crippen LogP contribution in [-0.2, 0) is 20.8 Å². The number of nitrogens with zero attached hydrogens (tertiary/aromatic N) is 3. The first-order valence-corrected chi connectivity index (χ1v) is 15.1. The fraction of sp³-hybridized carbons (Fsp3) is 0.581. The molecule has 44 heavy (non-hydrogen) atoms. The van der Waals surface area contributed by atoms with Crippen LogP contribution in [0.3, 0.4) is 0 Å². The van der Waals surface area contributed by atoms with Crippen LogP contribution in [0, 0.1) is 17.8 Å². The van der Waals surface area contributed by atoms with Crippen molar-refractivity contribution in [3.63, 3.8) is 0 Å². The molecule has 5 rings (SSSR count). The Bertz CT molecular complexity index is 1420. The van der Waals surface area contributed by atoms with E-state index in [9.17, 15) is 32.3 Å². The van der Waals surface area contributed by atoms with Crippen molar-refractivity contribution in [2.24, 2.45) is 17.8 Å². The molecule has 10 nitrogen and oxygen atoms in total. The van der Waals surface area contributed by atoms with E-state index in [4.69, 9.17) is 0 Å². The van der Waals surface area contributed by atoms with Crippen molar-refractivity contribution in [1.82, 2.24) is 25.3 Å². The summed E-state index contributed by atoms with van der Waals surface area (Å²) in [5, 5.41) is 12.0. The van der Waals surface area contributed by atoms with E-state index < -0.39 is 36.1 Å². The molecule has 2 fully saturated rings. The van der Waals surface area contributed by atoms with Gasteiger partial charge in [-0.05, 0) is 99.5 Å². The van der Waals surface area contributed by atoms with Gasteiger partial charge in [-0.25, -0.2) is 0 Å². The fourth-order valence-electron chi connectivity index (χ4n) is 6.49. The number of carbonyl (C=O) groups excluding carboxylic acids is 4. The molecule has 0 saturated heterocycles. The quantitative estimate of drug-likeness (QED) is 0.350. The first-order chi connectivity index (χ1) is 20.8. The number of anilines is 1. The Hall–Kier alpha value is -3.90. The van der Waals surface area contributed by atoms with Crippen molar-refractivity contribution in [1.29, 1.82) is 0 Å². The molecule has 0 spiro atoms. The number of carbonyl (C=O) groups is 4. The third-order valence-corrected chi connectivity index (χ3v) is 8.87. The maximum Gasteiger partial charge on any atom is 0.417 e. The number of fused-ring (bicyclic) bond motifs is 1. The number of nitrogens with one attached hydrogen (secondary N) is 3. The lowest BCUT2D eigenvalue weighted by Crippen LogP contribution is -2.55. The van der Waals surface area contributed by atoms with Crippen molar-refractivity contribution in [2.45, 2.75) is 89.6 Å². The topological polar surface area (TPSA) is 125 Å². The molecule has 4 amide bonds. The van der Waals surface area contributed by atoms with Crippen LogP contribution in [0.15, 0.2) is 30.5 Å². The standard InChI is InChI=1S/C31H39F3N6O4/c1-16(2)40-24(13-14-35-40)28(42)38-26(25(18-5-6-18)19-7-8-19)29(43)37-21-10-11-22-20(15-21)9-12-23(22)39(4)30(44)27(31(32,33)34)36-17(3)41/h10-11,13-16,18-19,23,25-27H,5-9,12H2,1-4H3,(H,36,41)(H,37,43)(H,38,42)/t23-,26+,27?/m1/s1. The smallest absolute Gasteiger partial charge is 0.339 e. The minimum Gasteiger partial charge on any atom is -0.339 e. The van der Waals surface area contributed by atoms with E-state index in [-0.39, 0.29) is 23.8 Å². The zero-order valence-electron chi connectivity index (χ0n) is 25.3. The molecule has 3 aliphatic carbocycles. The molecule has 2 aromatic rings. The Morgan fingerprint density at radius 3 is 2.23 bits per heavy atom. The maximum absolute atomic E-state index is 13.8. The molecule has 0 bridgehead atoms. The molecule has 13 heteroatoms. The molecule has 1 aromatic carbocycles. The SMILES string of the molecule is CC(=O)NC(C(=O)N(C)[C@@H]1CCc2cc(NC(=O)[C@@H](NC(=O)c3ccnn3C(C)C)C(C3CC3)C3CC3)ccc21)C(F)(F)F. The number of rotatable bonds is 11. The molecule has 0 radical (unpaired) electrons. The number of aryl methyl sites for hydroxylation is 1. The second-order valence-corrected chi connectivity index (χ2v) is 12.5. The second-order valence-electron chi connectivity index (χ2n) is 12.5. The van der Waals surface area contributed by atoms with Gasteiger partial charge in [0.15, 0.2) is 0 Å². The highest BCUT2D eigenvalue weighted by atomic mass is 19.4. The summed E-state index contributed by atoms with van der Waals surface area (Å²) in [5.74, 6) is -2.09. The van der Waals surface area contributed by atoms with Gasteiger partial charge in [-0.2, -0.15) is 18.3 Å². The lowest BCUT2D eigenvalue weighted by molar-refractivity contribution is -0.178. The molecule has 1 aromatic heterocycles. The zero-order chi connectivity index (χ0) is 31.9. The van der Waals surface area contributed by atoms with Crippen LogP contribution in [0.25, 0.3) is 0 Å². The zero-order valence-corrected chi connectivity index (χ0v) is 25.3. The van der Waals surface area contributed by atoms with Gasteiger partial charge in [-0.3, -0.25) is 23.9 Å². The van der Waals surface area contributed by atoms with Gasteiger partial charge in [-0.15, -0.1) is 0 Å². The van der Waals surface area contributed by atoms with Crippen molar-refractivity contribution in [2.75, 3.05) is 12.4 Å². The summed E-state index contributed by atoms with van der Waals surface area (Å²) in [7, 11) is 1.30. The van der Waals surface area contributed by atoms with Crippen LogP contribution in [-0.4, -0.2) is 63.6 Å². The van der Waals surface area contributed by atoms with Gasteiger partial charge in [0.1, 0.15) is 11.7 Å². The predicted octanol–water partition coefficient (Wildman–Crippen LogP) is 4.15. The van der Waals surface area contributed by atoms with E-state index >= 15 is 0 Å². The number of amides is 4. The number of halogens is 3. The third kappa shape index (κ3) is 6.76. The Morgan fingerprint density at radius 1 is 1.00 bits per heavy atom. The number of hydrogen-bond donors (Lipinski definition) is 3. The molecule has 3 atom stereocenters. The van der Waals surface area contributed by atoms with Crippen LogP contribution in [0.4, 0.5) is 18.9 Å². The van der Waals surface area contributed by atoms with Crippen LogP contribution in [0.5, 0.6) is 0 Å². The molecular weight excluding hydrogens is 577 g/mol. The highest BCUT2D eigenvalue weighted by Crippen LogP contribution is 2.51. The normalized spacial score (nSPS) is 19.3. The lowest BCUT2D eigenvalue weighted by atomic mass is 9.88. The third-order valence-electron chi connectivity index (χ3n) is 8.87. The molecule has 0 aliphatic heterocycles. The van der Waals surface area contributed by atoms with Crippen LogP contribution in [0.1, 0.15) is 86.6 Å². The number of hydrogen-bond acceptors (Lipinski definition) is 5. The van der Waals surface area contributed by atoms with E-state index in [2.05, 4.69) is 15.7 Å². The van der Waals surface area contributed by atoms with E-state index in [1.807, 2.05) is 13.8 Å². The average molecular weight is 617 g/mol. The largest absolute Gasteiger partial charge is 0.417 e. The second kappa shape index (κ2) is 12.2.